The lowest BCUT2D eigenvalue weighted by Gasteiger charge is -2.35. The molecule has 25 heavy (non-hydrogen) atoms. The van der Waals surface area contributed by atoms with Crippen molar-refractivity contribution in [3.8, 4) is 0 Å². The van der Waals surface area contributed by atoms with Crippen LogP contribution in [0.25, 0.3) is 0 Å². The predicted octanol–water partition coefficient (Wildman–Crippen LogP) is 3.38. The number of nitrogens with zero attached hydrogens (tertiary/aromatic N) is 3. The summed E-state index contributed by atoms with van der Waals surface area (Å²) in [4.78, 5) is 25.9. The topological polar surface area (TPSA) is 75.4 Å². The Morgan fingerprint density at radius 2 is 1.96 bits per heavy atom. The summed E-state index contributed by atoms with van der Waals surface area (Å²) in [5, 5.41) is 13.6. The molecule has 1 aromatic heterocycles. The number of rotatable bonds is 5. The fraction of sp³-hybridized carbons (Fsp3) is 0.737. The van der Waals surface area contributed by atoms with Crippen LogP contribution in [0, 0.1) is 0 Å². The number of carbonyl (C=O) groups excluding carboxylic acids is 1. The number of aliphatic carboxylic acids is 1. The van der Waals surface area contributed by atoms with E-state index in [2.05, 4.69) is 25.9 Å². The molecule has 2 heterocycles. The zero-order valence-corrected chi connectivity index (χ0v) is 15.5. The molecule has 6 nitrogen and oxygen atoms in total. The van der Waals surface area contributed by atoms with Crippen LogP contribution in [0.3, 0.4) is 0 Å². The second kappa shape index (κ2) is 6.81. The average Bonchev–Trinajstić information content (AvgIpc) is 3.29. The number of carbonyl (C=O) groups is 2. The minimum atomic E-state index is -0.800. The number of aromatic nitrogens is 2. The molecule has 1 atom stereocenters. The third-order valence-corrected chi connectivity index (χ3v) is 5.17. The van der Waals surface area contributed by atoms with E-state index in [1.54, 1.807) is 0 Å². The smallest absolute Gasteiger partial charge is 0.303 e. The van der Waals surface area contributed by atoms with E-state index in [4.69, 9.17) is 5.11 Å². The lowest BCUT2D eigenvalue weighted by Crippen LogP contribution is -2.44. The first-order valence-electron chi connectivity index (χ1n) is 9.40. The Morgan fingerprint density at radius 3 is 2.56 bits per heavy atom. The van der Waals surface area contributed by atoms with Crippen LogP contribution in [-0.4, -0.2) is 44.3 Å². The van der Waals surface area contributed by atoms with Crippen molar-refractivity contribution in [3.05, 3.63) is 17.5 Å². The van der Waals surface area contributed by atoms with Crippen molar-refractivity contribution in [2.24, 2.45) is 0 Å². The standard InChI is InChI=1S/C19H29N3O3/c1-19(2,3)22-16(13-7-8-13)12-15(20-22)18(25)21-11-5-4-6-14(21)9-10-17(23)24/h12-14H,4-11H2,1-3H3,(H,23,24)/t14-/m0/s1. The van der Waals surface area contributed by atoms with Crippen molar-refractivity contribution >= 4 is 11.9 Å². The highest BCUT2D eigenvalue weighted by molar-refractivity contribution is 5.92. The van der Waals surface area contributed by atoms with Crippen LogP contribution < -0.4 is 0 Å². The number of carboxylic acids is 1. The van der Waals surface area contributed by atoms with Crippen LogP contribution in [0.2, 0.25) is 0 Å². The van der Waals surface area contributed by atoms with Gasteiger partial charge in [0.1, 0.15) is 0 Å². The van der Waals surface area contributed by atoms with Crippen molar-refractivity contribution in [2.75, 3.05) is 6.54 Å². The Bertz CT molecular complexity index is 655. The van der Waals surface area contributed by atoms with E-state index in [0.717, 1.165) is 25.0 Å². The summed E-state index contributed by atoms with van der Waals surface area (Å²) in [7, 11) is 0. The molecule has 0 radical (unpaired) electrons. The first-order valence-corrected chi connectivity index (χ1v) is 9.40. The third kappa shape index (κ3) is 4.05. The van der Waals surface area contributed by atoms with Gasteiger partial charge in [-0.15, -0.1) is 0 Å². The zero-order valence-electron chi connectivity index (χ0n) is 15.5. The summed E-state index contributed by atoms with van der Waals surface area (Å²) in [6.07, 6.45) is 5.88. The number of hydrogen-bond donors (Lipinski definition) is 1. The van der Waals surface area contributed by atoms with Gasteiger partial charge in [-0.2, -0.15) is 5.10 Å². The maximum Gasteiger partial charge on any atom is 0.303 e. The fourth-order valence-electron chi connectivity index (χ4n) is 3.71. The van der Waals surface area contributed by atoms with Crippen molar-refractivity contribution in [3.63, 3.8) is 0 Å². The lowest BCUT2D eigenvalue weighted by atomic mass is 9.97. The van der Waals surface area contributed by atoms with Crippen molar-refractivity contribution in [1.82, 2.24) is 14.7 Å². The minimum absolute atomic E-state index is 0.0153. The van der Waals surface area contributed by atoms with Crippen LogP contribution in [0.1, 0.15) is 87.8 Å². The van der Waals surface area contributed by atoms with Gasteiger partial charge < -0.3 is 10.0 Å². The number of hydrogen-bond acceptors (Lipinski definition) is 3. The highest BCUT2D eigenvalue weighted by Gasteiger charge is 2.35. The fourth-order valence-corrected chi connectivity index (χ4v) is 3.71. The molecule has 1 amide bonds. The highest BCUT2D eigenvalue weighted by atomic mass is 16.4. The van der Waals surface area contributed by atoms with Crippen LogP contribution in [0.4, 0.5) is 0 Å². The molecule has 0 aromatic carbocycles. The maximum absolute atomic E-state index is 13.1. The summed E-state index contributed by atoms with van der Waals surface area (Å²) < 4.78 is 2.01. The molecule has 2 fully saturated rings. The van der Waals surface area contributed by atoms with E-state index in [1.165, 1.54) is 12.8 Å². The maximum atomic E-state index is 13.1. The molecule has 1 saturated heterocycles. The van der Waals surface area contributed by atoms with Gasteiger partial charge in [-0.25, -0.2) is 0 Å². The van der Waals surface area contributed by atoms with E-state index in [-0.39, 0.29) is 23.9 Å². The quantitative estimate of drug-likeness (QED) is 0.886. The van der Waals surface area contributed by atoms with Crippen molar-refractivity contribution in [2.45, 2.75) is 83.2 Å². The van der Waals surface area contributed by atoms with E-state index in [9.17, 15) is 9.59 Å². The second-order valence-electron chi connectivity index (χ2n) is 8.39. The molecule has 1 saturated carbocycles. The van der Waals surface area contributed by atoms with Crippen LogP contribution in [0.15, 0.2) is 6.07 Å². The largest absolute Gasteiger partial charge is 0.481 e. The van der Waals surface area contributed by atoms with E-state index >= 15 is 0 Å². The summed E-state index contributed by atoms with van der Waals surface area (Å²) >= 11 is 0. The number of piperidine rings is 1. The molecule has 0 unspecified atom stereocenters. The molecule has 1 aromatic rings. The van der Waals surface area contributed by atoms with Gasteiger partial charge in [0.15, 0.2) is 5.69 Å². The molecule has 1 aliphatic heterocycles. The molecule has 138 valence electrons. The van der Waals surface area contributed by atoms with Gasteiger partial charge >= 0.3 is 5.97 Å². The van der Waals surface area contributed by atoms with Gasteiger partial charge in [0, 0.05) is 30.6 Å². The van der Waals surface area contributed by atoms with Gasteiger partial charge in [0.2, 0.25) is 0 Å². The highest BCUT2D eigenvalue weighted by Crippen LogP contribution is 2.42. The minimum Gasteiger partial charge on any atom is -0.481 e. The Labute approximate surface area is 149 Å². The SMILES string of the molecule is CC(C)(C)n1nc(C(=O)N2CCCC[C@H]2CCC(=O)O)cc1C1CC1. The van der Waals surface area contributed by atoms with Crippen LogP contribution in [-0.2, 0) is 10.3 Å². The predicted molar refractivity (Wildman–Crippen MR) is 94.7 cm³/mol. The molecule has 1 N–H and O–H groups in total. The second-order valence-corrected chi connectivity index (χ2v) is 8.39. The van der Waals surface area contributed by atoms with Crippen molar-refractivity contribution in [1.29, 1.82) is 0 Å². The molecule has 1 aliphatic carbocycles. The lowest BCUT2D eigenvalue weighted by molar-refractivity contribution is -0.137. The number of carboxylic acid groups (broad SMARTS) is 1. The van der Waals surface area contributed by atoms with Crippen LogP contribution >= 0.6 is 0 Å². The van der Waals surface area contributed by atoms with E-state index in [0.29, 0.717) is 24.6 Å². The Kier molecular flexibility index (Phi) is 4.89. The summed E-state index contributed by atoms with van der Waals surface area (Å²) in [6, 6.07) is 1.98. The van der Waals surface area contributed by atoms with Crippen LogP contribution in [0.5, 0.6) is 0 Å². The molecule has 3 rings (SSSR count). The molecular formula is C19H29N3O3. The first kappa shape index (κ1) is 18.0. The Balaban J connectivity index is 1.82. The molecule has 6 heteroatoms. The molecule has 0 spiro atoms. The monoisotopic (exact) mass is 347 g/mol. The summed E-state index contributed by atoms with van der Waals surface area (Å²) in [6.45, 7) is 7.02. The Hall–Kier alpha value is -1.85. The number of likely N-dealkylation sites (tertiary alicyclic amines) is 1. The third-order valence-electron chi connectivity index (χ3n) is 5.17. The zero-order chi connectivity index (χ0) is 18.2. The normalized spacial score (nSPS) is 21.4. The Morgan fingerprint density at radius 1 is 1.24 bits per heavy atom. The van der Waals surface area contributed by atoms with Gasteiger partial charge in [0.25, 0.3) is 5.91 Å². The van der Waals surface area contributed by atoms with Gasteiger partial charge in [-0.1, -0.05) is 0 Å². The molecule has 0 bridgehead atoms. The van der Waals surface area contributed by atoms with Crippen molar-refractivity contribution < 1.29 is 14.7 Å². The average molecular weight is 347 g/mol. The molecule has 2 aliphatic rings. The first-order chi connectivity index (χ1) is 11.8. The van der Waals surface area contributed by atoms with E-state index in [1.807, 2.05) is 15.6 Å². The molecular weight excluding hydrogens is 318 g/mol. The van der Waals surface area contributed by atoms with Gasteiger partial charge in [-0.05, 0) is 65.4 Å². The van der Waals surface area contributed by atoms with Gasteiger partial charge in [-0.3, -0.25) is 14.3 Å². The van der Waals surface area contributed by atoms with E-state index < -0.39 is 5.97 Å². The van der Waals surface area contributed by atoms with Gasteiger partial charge in [0.05, 0.1) is 5.54 Å². The summed E-state index contributed by atoms with van der Waals surface area (Å²) in [5.74, 6) is -0.316. The summed E-state index contributed by atoms with van der Waals surface area (Å²) in [5.41, 5.74) is 1.52. The number of amides is 1.